The van der Waals surface area contributed by atoms with Crippen molar-refractivity contribution in [2.75, 3.05) is 59.7 Å². The van der Waals surface area contributed by atoms with Crippen molar-refractivity contribution in [3.8, 4) is 0 Å². The monoisotopic (exact) mass is 298 g/mol. The van der Waals surface area contributed by atoms with Gasteiger partial charge in [0.05, 0.1) is 13.2 Å². The Morgan fingerprint density at radius 3 is 2.95 bits per heavy atom. The Balaban J connectivity index is 1.84. The maximum Gasteiger partial charge on any atom is 0.0546 e. The van der Waals surface area contributed by atoms with E-state index in [0.717, 1.165) is 38.8 Å². The number of ether oxygens (including phenoxy) is 2. The summed E-state index contributed by atoms with van der Waals surface area (Å²) in [5, 5.41) is 3.67. The molecule has 0 aliphatic carbocycles. The molecule has 4 heteroatoms. The molecule has 2 fully saturated rings. The highest BCUT2D eigenvalue weighted by molar-refractivity contribution is 4.89. The molecule has 21 heavy (non-hydrogen) atoms. The van der Waals surface area contributed by atoms with Crippen molar-refractivity contribution in [3.05, 3.63) is 0 Å². The average Bonchev–Trinajstić information content (AvgIpc) is 2.87. The van der Waals surface area contributed by atoms with Crippen LogP contribution in [0.15, 0.2) is 0 Å². The van der Waals surface area contributed by atoms with Gasteiger partial charge < -0.3 is 19.7 Å². The van der Waals surface area contributed by atoms with Crippen LogP contribution in [0, 0.1) is 17.3 Å². The van der Waals surface area contributed by atoms with E-state index in [1.54, 1.807) is 0 Å². The maximum atomic E-state index is 5.84. The molecule has 0 spiro atoms. The summed E-state index contributed by atoms with van der Waals surface area (Å²) < 4.78 is 11.2. The quantitative estimate of drug-likeness (QED) is 0.743. The fourth-order valence-electron chi connectivity index (χ4n) is 3.76. The van der Waals surface area contributed by atoms with E-state index in [4.69, 9.17) is 9.47 Å². The Labute approximate surface area is 130 Å². The Bertz CT molecular complexity index is 291. The first-order valence-corrected chi connectivity index (χ1v) is 8.63. The smallest absolute Gasteiger partial charge is 0.0546 e. The zero-order chi connectivity index (χ0) is 15.1. The minimum absolute atomic E-state index is 0.315. The molecule has 4 nitrogen and oxygen atoms in total. The van der Waals surface area contributed by atoms with Crippen molar-refractivity contribution >= 4 is 0 Å². The van der Waals surface area contributed by atoms with Crippen LogP contribution in [0.3, 0.4) is 0 Å². The molecule has 0 amide bonds. The van der Waals surface area contributed by atoms with Gasteiger partial charge in [0.15, 0.2) is 0 Å². The third-order valence-corrected chi connectivity index (χ3v) is 4.79. The Morgan fingerprint density at radius 1 is 1.43 bits per heavy atom. The number of hydrogen-bond donors (Lipinski definition) is 1. The molecule has 2 rings (SSSR count). The van der Waals surface area contributed by atoms with Gasteiger partial charge >= 0.3 is 0 Å². The molecule has 1 N–H and O–H groups in total. The van der Waals surface area contributed by atoms with E-state index in [2.05, 4.69) is 24.1 Å². The first-order valence-electron chi connectivity index (χ1n) is 8.63. The second-order valence-electron chi connectivity index (χ2n) is 7.53. The summed E-state index contributed by atoms with van der Waals surface area (Å²) in [6.45, 7) is 13.1. The molecule has 0 aromatic heterocycles. The molecule has 0 aromatic carbocycles. The Hall–Kier alpha value is -0.160. The van der Waals surface area contributed by atoms with Crippen LogP contribution in [-0.2, 0) is 9.47 Å². The van der Waals surface area contributed by atoms with Crippen molar-refractivity contribution in [2.45, 2.75) is 33.1 Å². The summed E-state index contributed by atoms with van der Waals surface area (Å²) in [4.78, 5) is 2.63. The summed E-state index contributed by atoms with van der Waals surface area (Å²) in [7, 11) is 1.81. The number of rotatable bonds is 8. The van der Waals surface area contributed by atoms with Crippen molar-refractivity contribution in [1.29, 1.82) is 0 Å². The predicted molar refractivity (Wildman–Crippen MR) is 86.6 cm³/mol. The highest BCUT2D eigenvalue weighted by Gasteiger charge is 2.36. The van der Waals surface area contributed by atoms with Gasteiger partial charge in [0.25, 0.3) is 0 Å². The molecule has 2 saturated heterocycles. The van der Waals surface area contributed by atoms with Crippen LogP contribution in [-0.4, -0.2) is 64.6 Å². The highest BCUT2D eigenvalue weighted by Crippen LogP contribution is 2.31. The highest BCUT2D eigenvalue weighted by atomic mass is 16.5. The Kier molecular flexibility index (Phi) is 6.93. The van der Waals surface area contributed by atoms with Crippen molar-refractivity contribution < 1.29 is 9.47 Å². The molecule has 124 valence electrons. The van der Waals surface area contributed by atoms with Gasteiger partial charge in [-0.25, -0.2) is 0 Å². The first-order chi connectivity index (χ1) is 10.1. The standard InChI is InChI=1S/C17H34N2O2/c1-15(2)9-18-12-17(6-4-8-21-14-17)13-19-7-5-16(10-19)11-20-3/h15-16,18H,4-14H2,1-3H3. The third-order valence-electron chi connectivity index (χ3n) is 4.79. The lowest BCUT2D eigenvalue weighted by Crippen LogP contribution is -2.49. The van der Waals surface area contributed by atoms with Gasteiger partial charge in [-0.2, -0.15) is 0 Å². The second-order valence-corrected chi connectivity index (χ2v) is 7.53. The molecule has 2 heterocycles. The predicted octanol–water partition coefficient (Wildman–Crippen LogP) is 2.00. The van der Waals surface area contributed by atoms with Crippen LogP contribution < -0.4 is 5.32 Å². The molecule has 2 aliphatic heterocycles. The second kappa shape index (κ2) is 8.47. The van der Waals surface area contributed by atoms with Gasteiger partial charge in [-0.15, -0.1) is 0 Å². The summed E-state index contributed by atoms with van der Waals surface area (Å²) >= 11 is 0. The number of nitrogens with one attached hydrogen (secondary N) is 1. The van der Waals surface area contributed by atoms with Crippen LogP contribution >= 0.6 is 0 Å². The molecular weight excluding hydrogens is 264 g/mol. The largest absolute Gasteiger partial charge is 0.384 e. The minimum atomic E-state index is 0.315. The van der Waals surface area contributed by atoms with Gasteiger partial charge in [0.2, 0.25) is 0 Å². The zero-order valence-corrected chi connectivity index (χ0v) is 14.2. The van der Waals surface area contributed by atoms with E-state index in [1.807, 2.05) is 7.11 Å². The van der Waals surface area contributed by atoms with Crippen molar-refractivity contribution in [3.63, 3.8) is 0 Å². The number of likely N-dealkylation sites (tertiary alicyclic amines) is 1. The SMILES string of the molecule is COCC1CCN(CC2(CNCC(C)C)CCCOC2)C1. The number of nitrogens with zero attached hydrogens (tertiary/aromatic N) is 1. The van der Waals surface area contributed by atoms with Crippen molar-refractivity contribution in [2.24, 2.45) is 17.3 Å². The lowest BCUT2D eigenvalue weighted by molar-refractivity contribution is -0.0240. The lowest BCUT2D eigenvalue weighted by atomic mass is 9.81. The molecule has 0 saturated carbocycles. The normalized spacial score (nSPS) is 31.1. The summed E-state index contributed by atoms with van der Waals surface area (Å²) in [6, 6.07) is 0. The van der Waals surface area contributed by atoms with Gasteiger partial charge in [-0.05, 0) is 44.2 Å². The van der Waals surface area contributed by atoms with E-state index < -0.39 is 0 Å². The third kappa shape index (κ3) is 5.51. The van der Waals surface area contributed by atoms with E-state index >= 15 is 0 Å². The van der Waals surface area contributed by atoms with Gasteiger partial charge in [-0.1, -0.05) is 13.8 Å². The van der Waals surface area contributed by atoms with E-state index in [0.29, 0.717) is 11.3 Å². The van der Waals surface area contributed by atoms with Crippen molar-refractivity contribution in [1.82, 2.24) is 10.2 Å². The minimum Gasteiger partial charge on any atom is -0.384 e. The molecular formula is C17H34N2O2. The Morgan fingerprint density at radius 2 is 2.29 bits per heavy atom. The van der Waals surface area contributed by atoms with Crippen LogP contribution in [0.4, 0.5) is 0 Å². The molecule has 0 aromatic rings. The lowest BCUT2D eigenvalue weighted by Gasteiger charge is -2.40. The van der Waals surface area contributed by atoms with Crippen LogP contribution in [0.5, 0.6) is 0 Å². The van der Waals surface area contributed by atoms with Crippen LogP contribution in [0.25, 0.3) is 0 Å². The summed E-state index contributed by atoms with van der Waals surface area (Å²) in [6.07, 6.45) is 3.78. The summed E-state index contributed by atoms with van der Waals surface area (Å²) in [5.41, 5.74) is 0.315. The number of methoxy groups -OCH3 is 1. The van der Waals surface area contributed by atoms with Gasteiger partial charge in [0, 0.05) is 38.8 Å². The van der Waals surface area contributed by atoms with Crippen LogP contribution in [0.1, 0.15) is 33.1 Å². The first kappa shape index (κ1) is 17.2. The molecule has 0 bridgehead atoms. The topological polar surface area (TPSA) is 33.7 Å². The van der Waals surface area contributed by atoms with E-state index in [-0.39, 0.29) is 0 Å². The average molecular weight is 298 g/mol. The van der Waals surface area contributed by atoms with Crippen LogP contribution in [0.2, 0.25) is 0 Å². The fourth-order valence-corrected chi connectivity index (χ4v) is 3.76. The maximum absolute atomic E-state index is 5.84. The van der Waals surface area contributed by atoms with Gasteiger partial charge in [-0.3, -0.25) is 0 Å². The van der Waals surface area contributed by atoms with E-state index in [1.165, 1.54) is 38.9 Å². The number of hydrogen-bond acceptors (Lipinski definition) is 4. The van der Waals surface area contributed by atoms with E-state index in [9.17, 15) is 0 Å². The summed E-state index contributed by atoms with van der Waals surface area (Å²) in [5.74, 6) is 1.43. The zero-order valence-electron chi connectivity index (χ0n) is 14.2. The molecule has 2 atom stereocenters. The fraction of sp³-hybridized carbons (Fsp3) is 1.00. The molecule has 2 aliphatic rings. The molecule has 2 unspecified atom stereocenters. The molecule has 0 radical (unpaired) electrons. The van der Waals surface area contributed by atoms with Gasteiger partial charge in [0.1, 0.15) is 0 Å².